The number of nitrogens with zero attached hydrogens (tertiary/aromatic N) is 7. The lowest BCUT2D eigenvalue weighted by Crippen LogP contribution is -2.31. The minimum Gasteiger partial charge on any atom is -0.370 e. The van der Waals surface area contributed by atoms with E-state index in [1.54, 1.807) is 35.7 Å². The lowest BCUT2D eigenvalue weighted by molar-refractivity contribution is -0.137. The third-order valence-electron chi connectivity index (χ3n) is 4.19. The zero-order valence-electron chi connectivity index (χ0n) is 16.1. The van der Waals surface area contributed by atoms with E-state index in [-0.39, 0.29) is 23.5 Å². The molecule has 2 N–H and O–H groups in total. The molecule has 0 aromatic carbocycles. The lowest BCUT2D eigenvalue weighted by atomic mass is 10.1. The highest BCUT2D eigenvalue weighted by Crippen LogP contribution is 2.35. The van der Waals surface area contributed by atoms with Gasteiger partial charge in [-0.2, -0.15) is 23.3 Å². The summed E-state index contributed by atoms with van der Waals surface area (Å²) in [6.45, 7) is 5.69. The van der Waals surface area contributed by atoms with Crippen LogP contribution >= 0.6 is 11.6 Å². The van der Waals surface area contributed by atoms with Crippen LogP contribution in [0.3, 0.4) is 0 Å². The van der Waals surface area contributed by atoms with Crippen LogP contribution in [0.25, 0.3) is 0 Å². The summed E-state index contributed by atoms with van der Waals surface area (Å²) >= 11 is 6.22. The summed E-state index contributed by atoms with van der Waals surface area (Å²) in [5, 5.41) is 17.8. The molecular weight excluding hydrogens is 411 g/mol. The Bertz CT molecular complexity index is 1010. The number of hydrogen-bond donors (Lipinski definition) is 2. The molecule has 0 atom stereocenters. The number of aromatic nitrogens is 7. The van der Waals surface area contributed by atoms with Gasteiger partial charge in [0.15, 0.2) is 11.0 Å². The minimum atomic E-state index is -4.57. The molecule has 0 aliphatic carbocycles. The molecule has 0 unspecified atom stereocenters. The fourth-order valence-electron chi connectivity index (χ4n) is 2.73. The second-order valence-electron chi connectivity index (χ2n) is 6.71. The molecule has 3 aromatic rings. The highest BCUT2D eigenvalue weighted by molar-refractivity contribution is 6.32. The Morgan fingerprint density at radius 3 is 2.55 bits per heavy atom. The van der Waals surface area contributed by atoms with E-state index < -0.39 is 17.3 Å². The Labute approximate surface area is 169 Å². The van der Waals surface area contributed by atoms with Crippen molar-refractivity contribution in [2.75, 3.05) is 17.2 Å². The van der Waals surface area contributed by atoms with Crippen LogP contribution in [-0.4, -0.2) is 41.1 Å². The van der Waals surface area contributed by atoms with Gasteiger partial charge >= 0.3 is 6.18 Å². The molecule has 3 aromatic heterocycles. The maximum absolute atomic E-state index is 13.1. The summed E-state index contributed by atoms with van der Waals surface area (Å²) in [7, 11) is 1.81. The van der Waals surface area contributed by atoms with E-state index in [0.29, 0.717) is 11.5 Å². The number of hydrogen-bond acceptors (Lipinski definition) is 7. The molecule has 29 heavy (non-hydrogen) atoms. The van der Waals surface area contributed by atoms with Crippen molar-refractivity contribution in [1.29, 1.82) is 0 Å². The summed E-state index contributed by atoms with van der Waals surface area (Å²) < 4.78 is 42.7. The smallest absolute Gasteiger partial charge is 0.370 e. The van der Waals surface area contributed by atoms with Crippen molar-refractivity contribution in [1.82, 2.24) is 34.5 Å². The molecule has 0 aliphatic rings. The van der Waals surface area contributed by atoms with Crippen LogP contribution in [0.1, 0.15) is 32.2 Å². The van der Waals surface area contributed by atoms with Crippen molar-refractivity contribution in [3.05, 3.63) is 35.3 Å². The van der Waals surface area contributed by atoms with Gasteiger partial charge in [-0.25, -0.2) is 4.98 Å². The largest absolute Gasteiger partial charge is 0.421 e. The fraction of sp³-hybridized carbons (Fsp3) is 0.438. The van der Waals surface area contributed by atoms with Gasteiger partial charge in [0.2, 0.25) is 5.95 Å². The predicted molar refractivity (Wildman–Crippen MR) is 101 cm³/mol. The third kappa shape index (κ3) is 4.11. The molecular formula is C16H19ClF3N9. The maximum Gasteiger partial charge on any atom is 0.421 e. The van der Waals surface area contributed by atoms with Crippen molar-refractivity contribution in [2.45, 2.75) is 32.5 Å². The number of rotatable bonds is 6. The molecule has 0 fully saturated rings. The van der Waals surface area contributed by atoms with Gasteiger partial charge in [0.25, 0.3) is 0 Å². The molecule has 0 bridgehead atoms. The number of anilines is 3. The summed E-state index contributed by atoms with van der Waals surface area (Å²) in [5.41, 5.74) is -1.30. The van der Waals surface area contributed by atoms with Crippen molar-refractivity contribution in [3.8, 4) is 0 Å². The van der Waals surface area contributed by atoms with Crippen LogP contribution in [0.15, 0.2) is 18.7 Å². The van der Waals surface area contributed by atoms with Gasteiger partial charge in [-0.3, -0.25) is 4.68 Å². The normalized spacial score (nSPS) is 12.3. The van der Waals surface area contributed by atoms with Gasteiger partial charge in [0, 0.05) is 19.8 Å². The standard InChI is InChI=1S/C16H19ClF3N9/c1-5-21-12-9(16(18,19)20)6-22-14(25-12)24-10-7-29(27-11(10)17)15(2,3)13-26-23-8-28(13)4/h6-8H,5H2,1-4H3,(H2,21,22,24,25). The summed E-state index contributed by atoms with van der Waals surface area (Å²) in [4.78, 5) is 7.68. The molecule has 0 amide bonds. The first-order valence-corrected chi connectivity index (χ1v) is 8.97. The highest BCUT2D eigenvalue weighted by Gasteiger charge is 2.35. The Kier molecular flexibility index (Phi) is 5.39. The molecule has 0 spiro atoms. The van der Waals surface area contributed by atoms with Crippen LogP contribution in [0.2, 0.25) is 5.15 Å². The molecule has 0 saturated carbocycles. The second-order valence-corrected chi connectivity index (χ2v) is 7.07. The molecule has 0 aliphatic heterocycles. The van der Waals surface area contributed by atoms with Gasteiger partial charge in [0.05, 0.1) is 11.9 Å². The van der Waals surface area contributed by atoms with Gasteiger partial charge in [-0.15, -0.1) is 10.2 Å². The lowest BCUT2D eigenvalue weighted by Gasteiger charge is -2.23. The molecule has 0 radical (unpaired) electrons. The number of aryl methyl sites for hydroxylation is 1. The Morgan fingerprint density at radius 2 is 1.97 bits per heavy atom. The van der Waals surface area contributed by atoms with Gasteiger partial charge < -0.3 is 15.2 Å². The zero-order chi connectivity index (χ0) is 21.4. The molecule has 156 valence electrons. The predicted octanol–water partition coefficient (Wildman–Crippen LogP) is 3.43. The summed E-state index contributed by atoms with van der Waals surface area (Å²) in [6.07, 6.45) is -0.682. The molecule has 9 nitrogen and oxygen atoms in total. The van der Waals surface area contributed by atoms with E-state index in [4.69, 9.17) is 11.6 Å². The Hall–Kier alpha value is -2.89. The number of alkyl halides is 3. The SMILES string of the molecule is CCNc1nc(Nc2cn(C(C)(C)c3nncn3C)nc2Cl)ncc1C(F)(F)F. The summed E-state index contributed by atoms with van der Waals surface area (Å²) in [5.74, 6) is 0.274. The quantitative estimate of drug-likeness (QED) is 0.619. The second kappa shape index (κ2) is 7.50. The molecule has 0 saturated heterocycles. The topological polar surface area (TPSA) is 98.4 Å². The van der Waals surface area contributed by atoms with Crippen LogP contribution < -0.4 is 10.6 Å². The summed E-state index contributed by atoms with van der Waals surface area (Å²) in [6, 6.07) is 0. The van der Waals surface area contributed by atoms with Crippen LogP contribution in [0.5, 0.6) is 0 Å². The Morgan fingerprint density at radius 1 is 1.24 bits per heavy atom. The first-order valence-electron chi connectivity index (χ1n) is 8.59. The third-order valence-corrected chi connectivity index (χ3v) is 4.46. The maximum atomic E-state index is 13.1. The average molecular weight is 430 g/mol. The van der Waals surface area contributed by atoms with Crippen molar-refractivity contribution in [3.63, 3.8) is 0 Å². The molecule has 3 heterocycles. The number of nitrogens with one attached hydrogen (secondary N) is 2. The van der Waals surface area contributed by atoms with Crippen molar-refractivity contribution >= 4 is 29.1 Å². The van der Waals surface area contributed by atoms with Gasteiger partial charge in [-0.1, -0.05) is 11.6 Å². The molecule has 3 rings (SSSR count). The van der Waals surface area contributed by atoms with Gasteiger partial charge in [-0.05, 0) is 20.8 Å². The van der Waals surface area contributed by atoms with Crippen LogP contribution in [0, 0.1) is 0 Å². The van der Waals surface area contributed by atoms with Crippen molar-refractivity contribution in [2.24, 2.45) is 7.05 Å². The molecule has 13 heteroatoms. The fourth-order valence-corrected chi connectivity index (χ4v) is 2.91. The van der Waals surface area contributed by atoms with E-state index in [1.165, 1.54) is 0 Å². The van der Waals surface area contributed by atoms with E-state index in [0.717, 1.165) is 6.20 Å². The average Bonchev–Trinajstić information content (AvgIpc) is 3.21. The Balaban J connectivity index is 1.92. The van der Waals surface area contributed by atoms with Gasteiger partial charge in [0.1, 0.15) is 23.2 Å². The zero-order valence-corrected chi connectivity index (χ0v) is 16.8. The van der Waals surface area contributed by atoms with E-state index in [1.807, 2.05) is 13.8 Å². The van der Waals surface area contributed by atoms with E-state index in [9.17, 15) is 13.2 Å². The number of halogens is 4. The first-order chi connectivity index (χ1) is 13.5. The van der Waals surface area contributed by atoms with E-state index >= 15 is 0 Å². The van der Waals surface area contributed by atoms with Crippen LogP contribution in [-0.2, 0) is 18.8 Å². The highest BCUT2D eigenvalue weighted by atomic mass is 35.5. The monoisotopic (exact) mass is 429 g/mol. The van der Waals surface area contributed by atoms with E-state index in [2.05, 4.69) is 35.9 Å². The van der Waals surface area contributed by atoms with Crippen LogP contribution in [0.4, 0.5) is 30.6 Å². The van der Waals surface area contributed by atoms with Crippen molar-refractivity contribution < 1.29 is 13.2 Å². The first kappa shape index (κ1) is 20.8. The minimum absolute atomic E-state index is 0.0492.